The van der Waals surface area contributed by atoms with Crippen molar-refractivity contribution in [3.05, 3.63) is 49.1 Å². The lowest BCUT2D eigenvalue weighted by Crippen LogP contribution is -2.12. The fraction of sp³-hybridized carbons (Fsp3) is 0.125. The number of hydrogen-bond donors (Lipinski definition) is 2. The van der Waals surface area contributed by atoms with Gasteiger partial charge in [0.2, 0.25) is 16.0 Å². The number of sulfonamides is 1. The van der Waals surface area contributed by atoms with E-state index in [1.165, 1.54) is 29.2 Å². The number of nitrogens with zero attached hydrogens (tertiary/aromatic N) is 6. The van der Waals surface area contributed by atoms with Crippen molar-refractivity contribution in [3.8, 4) is 5.69 Å². The first-order valence-corrected chi connectivity index (χ1v) is 9.76. The second-order valence-corrected chi connectivity index (χ2v) is 7.60. The zero-order valence-corrected chi connectivity index (χ0v) is 15.5. The first-order valence-electron chi connectivity index (χ1n) is 8.21. The molecule has 3 heterocycles. The van der Waals surface area contributed by atoms with E-state index in [0.29, 0.717) is 22.4 Å². The van der Waals surface area contributed by atoms with Crippen molar-refractivity contribution in [3.63, 3.8) is 0 Å². The van der Waals surface area contributed by atoms with Gasteiger partial charge in [0.15, 0.2) is 5.65 Å². The maximum Gasteiger partial charge on any atom is 0.257 e. The molecule has 0 saturated heterocycles. The maximum absolute atomic E-state index is 12.4. The minimum Gasteiger partial charge on any atom is -0.321 e. The van der Waals surface area contributed by atoms with E-state index in [1.807, 2.05) is 0 Å². The van der Waals surface area contributed by atoms with Gasteiger partial charge in [0, 0.05) is 12.4 Å². The van der Waals surface area contributed by atoms with Crippen molar-refractivity contribution in [2.24, 2.45) is 5.14 Å². The summed E-state index contributed by atoms with van der Waals surface area (Å²) in [7, 11) is -3.80. The summed E-state index contributed by atoms with van der Waals surface area (Å²) in [5.41, 5.74) is 1.49. The van der Waals surface area contributed by atoms with Crippen LogP contribution in [0.25, 0.3) is 16.7 Å². The fourth-order valence-electron chi connectivity index (χ4n) is 2.64. The molecule has 0 fully saturated rings. The summed E-state index contributed by atoms with van der Waals surface area (Å²) in [6, 6.07) is 5.84. The van der Waals surface area contributed by atoms with Crippen LogP contribution in [0.4, 0.5) is 20.4 Å². The first kappa shape index (κ1) is 18.9. The summed E-state index contributed by atoms with van der Waals surface area (Å²) in [5, 5.41) is 16.8. The lowest BCUT2D eigenvalue weighted by Gasteiger charge is -2.06. The van der Waals surface area contributed by atoms with Crippen LogP contribution in [-0.2, 0) is 16.6 Å². The van der Waals surface area contributed by atoms with Crippen LogP contribution >= 0.6 is 0 Å². The predicted molar refractivity (Wildman–Crippen MR) is 99.5 cm³/mol. The highest BCUT2D eigenvalue weighted by Crippen LogP contribution is 2.20. The molecule has 0 unspecified atom stereocenters. The van der Waals surface area contributed by atoms with Gasteiger partial charge in [-0.2, -0.15) is 15.2 Å². The van der Waals surface area contributed by atoms with Gasteiger partial charge in [0.1, 0.15) is 6.54 Å². The number of primary sulfonamides is 1. The van der Waals surface area contributed by atoms with E-state index >= 15 is 0 Å². The van der Waals surface area contributed by atoms with E-state index < -0.39 is 23.0 Å². The monoisotopic (exact) mass is 420 g/mol. The van der Waals surface area contributed by atoms with Gasteiger partial charge in [-0.15, -0.1) is 0 Å². The van der Waals surface area contributed by atoms with Crippen molar-refractivity contribution in [2.75, 3.05) is 5.32 Å². The third-order valence-corrected chi connectivity index (χ3v) is 4.86. The van der Waals surface area contributed by atoms with Gasteiger partial charge in [0.05, 0.1) is 34.1 Å². The van der Waals surface area contributed by atoms with Gasteiger partial charge in [0.25, 0.3) is 6.43 Å². The Labute approximate surface area is 163 Å². The van der Waals surface area contributed by atoms with Crippen LogP contribution in [0, 0.1) is 0 Å². The molecule has 0 aliphatic rings. The van der Waals surface area contributed by atoms with Crippen LogP contribution in [-0.4, -0.2) is 44.4 Å². The Balaban J connectivity index is 1.63. The second-order valence-electron chi connectivity index (χ2n) is 6.03. The van der Waals surface area contributed by atoms with Gasteiger partial charge in [-0.1, -0.05) is 0 Å². The molecule has 10 nitrogen and oxygen atoms in total. The van der Waals surface area contributed by atoms with Crippen LogP contribution in [0.2, 0.25) is 0 Å². The molecule has 0 atom stereocenters. The number of halogens is 2. The standard InChI is InChI=1S/C16H14F2N8O2S/c17-14(18)9-25-8-11(7-21-25)23-16-20-5-10-6-22-26(15(10)24-16)12-1-3-13(4-2-12)29(19,27)28/h1-8,14H,9H2,(H2,19,27,28)(H,20,23,24). The minimum atomic E-state index is -3.80. The quantitative estimate of drug-likeness (QED) is 0.485. The second kappa shape index (κ2) is 7.18. The summed E-state index contributed by atoms with van der Waals surface area (Å²) in [4.78, 5) is 8.55. The number of fused-ring (bicyclic) bond motifs is 1. The highest BCUT2D eigenvalue weighted by molar-refractivity contribution is 7.89. The molecule has 3 aromatic heterocycles. The highest BCUT2D eigenvalue weighted by Gasteiger charge is 2.12. The van der Waals surface area contributed by atoms with Crippen molar-refractivity contribution in [2.45, 2.75) is 17.9 Å². The average Bonchev–Trinajstić information content (AvgIpc) is 3.27. The number of benzene rings is 1. The Hall–Kier alpha value is -3.45. The van der Waals surface area contributed by atoms with Crippen LogP contribution in [0.5, 0.6) is 0 Å². The number of hydrogen-bond acceptors (Lipinski definition) is 7. The lowest BCUT2D eigenvalue weighted by molar-refractivity contribution is 0.122. The van der Waals surface area contributed by atoms with Gasteiger partial charge >= 0.3 is 0 Å². The van der Waals surface area contributed by atoms with E-state index in [9.17, 15) is 17.2 Å². The summed E-state index contributed by atoms with van der Waals surface area (Å²) in [5.74, 6) is 0.219. The Bertz CT molecular complexity index is 1270. The number of aromatic nitrogens is 6. The van der Waals surface area contributed by atoms with Crippen LogP contribution < -0.4 is 10.5 Å². The third kappa shape index (κ3) is 4.05. The number of rotatable bonds is 6. The molecule has 150 valence electrons. The van der Waals surface area contributed by atoms with Crippen molar-refractivity contribution >= 4 is 32.7 Å². The number of nitrogens with one attached hydrogen (secondary N) is 1. The van der Waals surface area contributed by atoms with Crippen LogP contribution in [0.1, 0.15) is 0 Å². The van der Waals surface area contributed by atoms with Gasteiger partial charge in [-0.05, 0) is 24.3 Å². The summed E-state index contributed by atoms with van der Waals surface area (Å²) in [6.45, 7) is -0.511. The Morgan fingerprint density at radius 3 is 2.55 bits per heavy atom. The SMILES string of the molecule is NS(=O)(=O)c1ccc(-n2ncc3cnc(Nc4cnn(CC(F)F)c4)nc32)cc1. The molecule has 0 saturated carbocycles. The molecule has 0 aliphatic heterocycles. The van der Waals surface area contributed by atoms with E-state index in [2.05, 4.69) is 25.5 Å². The molecule has 0 spiro atoms. The fourth-order valence-corrected chi connectivity index (χ4v) is 3.16. The molecule has 13 heteroatoms. The summed E-state index contributed by atoms with van der Waals surface area (Å²) in [6.07, 6.45) is 3.41. The van der Waals surface area contributed by atoms with Crippen molar-refractivity contribution < 1.29 is 17.2 Å². The topological polar surface area (TPSA) is 134 Å². The largest absolute Gasteiger partial charge is 0.321 e. The zero-order valence-electron chi connectivity index (χ0n) is 14.6. The zero-order chi connectivity index (χ0) is 20.6. The molecule has 4 rings (SSSR count). The van der Waals surface area contributed by atoms with Crippen LogP contribution in [0.15, 0.2) is 53.9 Å². The van der Waals surface area contributed by atoms with Crippen molar-refractivity contribution in [1.29, 1.82) is 0 Å². The Morgan fingerprint density at radius 1 is 1.10 bits per heavy atom. The molecule has 1 aromatic carbocycles. The number of anilines is 2. The number of nitrogens with two attached hydrogens (primary N) is 1. The van der Waals surface area contributed by atoms with E-state index in [-0.39, 0.29) is 10.8 Å². The third-order valence-electron chi connectivity index (χ3n) is 3.93. The van der Waals surface area contributed by atoms with Gasteiger partial charge in [-0.25, -0.2) is 32.0 Å². The minimum absolute atomic E-state index is 0.0181. The highest BCUT2D eigenvalue weighted by atomic mass is 32.2. The van der Waals surface area contributed by atoms with Crippen LogP contribution in [0.3, 0.4) is 0 Å². The molecule has 0 radical (unpaired) electrons. The molecular weight excluding hydrogens is 406 g/mol. The smallest absolute Gasteiger partial charge is 0.257 e. The molecule has 3 N–H and O–H groups in total. The van der Waals surface area contributed by atoms with E-state index in [0.717, 1.165) is 4.68 Å². The van der Waals surface area contributed by atoms with E-state index in [1.54, 1.807) is 24.5 Å². The predicted octanol–water partition coefficient (Wildman–Crippen LogP) is 1.67. The molecule has 0 aliphatic carbocycles. The molecular formula is C16H14F2N8O2S. The van der Waals surface area contributed by atoms with Gasteiger partial charge < -0.3 is 5.32 Å². The summed E-state index contributed by atoms with van der Waals surface area (Å²) >= 11 is 0. The van der Waals surface area contributed by atoms with Crippen molar-refractivity contribution in [1.82, 2.24) is 29.5 Å². The molecule has 0 amide bonds. The average molecular weight is 420 g/mol. The van der Waals surface area contributed by atoms with E-state index in [4.69, 9.17) is 5.14 Å². The normalized spacial score (nSPS) is 12.0. The summed E-state index contributed by atoms with van der Waals surface area (Å²) < 4.78 is 50.3. The number of alkyl halides is 2. The lowest BCUT2D eigenvalue weighted by atomic mass is 10.3. The van der Waals surface area contributed by atoms with Gasteiger partial charge in [-0.3, -0.25) is 4.68 Å². The Kier molecular flexibility index (Phi) is 4.68. The first-order chi connectivity index (χ1) is 13.8. The molecule has 4 aromatic rings. The molecule has 29 heavy (non-hydrogen) atoms. The molecule has 0 bridgehead atoms. The Morgan fingerprint density at radius 2 is 1.86 bits per heavy atom. The maximum atomic E-state index is 12.4.